The van der Waals surface area contributed by atoms with Crippen LogP contribution in [-0.2, 0) is 27.6 Å². The lowest BCUT2D eigenvalue weighted by molar-refractivity contribution is -0.147. The highest BCUT2D eigenvalue weighted by Crippen LogP contribution is 2.65. The third-order valence-corrected chi connectivity index (χ3v) is 11.1. The first kappa shape index (κ1) is 27.8. The summed E-state index contributed by atoms with van der Waals surface area (Å²) < 4.78 is 0.0113. The Morgan fingerprint density at radius 3 is 2.44 bits per heavy atom. The highest BCUT2D eigenvalue weighted by molar-refractivity contribution is 8.02. The van der Waals surface area contributed by atoms with E-state index < -0.39 is 33.4 Å². The molecule has 4 aliphatic heterocycles. The number of likely N-dealkylation sites (tertiary alicyclic amines) is 1. The Hall–Kier alpha value is -3.96. The van der Waals surface area contributed by atoms with Crippen LogP contribution in [0.2, 0.25) is 0 Å². The summed E-state index contributed by atoms with van der Waals surface area (Å²) >= 11 is 1.54. The fraction of sp³-hybridized carbons (Fsp3) is 0.406. The molecule has 0 aliphatic carbocycles. The molecule has 1 N–H and O–H groups in total. The molecule has 1 unspecified atom stereocenters. The highest BCUT2D eigenvalue weighted by atomic mass is 32.2. The van der Waals surface area contributed by atoms with Crippen LogP contribution < -0.4 is 0 Å². The Morgan fingerprint density at radius 1 is 0.930 bits per heavy atom. The van der Waals surface area contributed by atoms with E-state index in [4.69, 9.17) is 0 Å². The molecule has 1 aromatic heterocycles. The van der Waals surface area contributed by atoms with E-state index in [0.29, 0.717) is 19.6 Å². The van der Waals surface area contributed by atoms with Crippen LogP contribution in [0.3, 0.4) is 0 Å². The standard InChI is InChI=1S/C32H34N6O4S/c1-21(19-39)38-27-30(42)36(20-37-24-13-7-6-12-23(24)33-34-37)17-9-15-32(27)26(29(38)41)25-28(40)35(16-8-14-31(25,2)43-32)18-22-10-4-3-5-11-22/h3-15,21,25-27,39H,16-20H2,1-2H3/t21-,25+,26+,27?,31-,32+/m1/s1. The van der Waals surface area contributed by atoms with Gasteiger partial charge >= 0.3 is 0 Å². The number of benzene rings is 2. The molecule has 43 heavy (non-hydrogen) atoms. The summed E-state index contributed by atoms with van der Waals surface area (Å²) in [6.45, 7) is 4.83. The predicted octanol–water partition coefficient (Wildman–Crippen LogP) is 2.45. The van der Waals surface area contributed by atoms with Gasteiger partial charge in [-0.1, -0.05) is 72.0 Å². The number of aromatic nitrogens is 3. The van der Waals surface area contributed by atoms with Crippen LogP contribution >= 0.6 is 11.8 Å². The molecule has 0 bridgehead atoms. The maximum absolute atomic E-state index is 14.6. The molecular weight excluding hydrogens is 564 g/mol. The van der Waals surface area contributed by atoms with E-state index in [1.807, 2.05) is 84.6 Å². The van der Waals surface area contributed by atoms with Crippen molar-refractivity contribution >= 4 is 40.5 Å². The molecular formula is C32H34N6O4S. The zero-order valence-electron chi connectivity index (χ0n) is 24.1. The SMILES string of the molecule is C[C@H](CO)N1C(=O)[C@@H]2[C@H]3C(=O)N(Cc4ccccc4)CC=C[C@@]3(C)S[C@@]23C=CCN(Cn2nnc4ccccc42)C(=O)C13. The molecule has 11 heteroatoms. The van der Waals surface area contributed by atoms with Crippen molar-refractivity contribution in [3.05, 3.63) is 84.5 Å². The van der Waals surface area contributed by atoms with E-state index >= 15 is 0 Å². The van der Waals surface area contributed by atoms with Gasteiger partial charge in [0.15, 0.2) is 0 Å². The second-order valence-electron chi connectivity index (χ2n) is 12.1. The Morgan fingerprint density at radius 2 is 1.65 bits per heavy atom. The van der Waals surface area contributed by atoms with Gasteiger partial charge < -0.3 is 19.8 Å². The van der Waals surface area contributed by atoms with Crippen molar-refractivity contribution < 1.29 is 19.5 Å². The van der Waals surface area contributed by atoms with Crippen molar-refractivity contribution in [1.82, 2.24) is 29.7 Å². The van der Waals surface area contributed by atoms with Gasteiger partial charge in [-0.25, -0.2) is 4.68 Å². The number of hydrogen-bond acceptors (Lipinski definition) is 7. The molecule has 2 fully saturated rings. The van der Waals surface area contributed by atoms with E-state index in [2.05, 4.69) is 16.4 Å². The molecule has 0 saturated carbocycles. The number of rotatable bonds is 6. The van der Waals surface area contributed by atoms with E-state index in [0.717, 1.165) is 16.6 Å². The Labute approximate surface area is 254 Å². The smallest absolute Gasteiger partial charge is 0.248 e. The molecule has 5 heterocycles. The Balaban J connectivity index is 1.28. The molecule has 2 aromatic carbocycles. The van der Waals surface area contributed by atoms with Crippen LogP contribution in [0.15, 0.2) is 78.9 Å². The third kappa shape index (κ3) is 4.23. The van der Waals surface area contributed by atoms with Crippen LogP contribution in [0.25, 0.3) is 11.0 Å². The molecule has 3 aromatic rings. The monoisotopic (exact) mass is 598 g/mol. The molecule has 222 valence electrons. The molecule has 10 nitrogen and oxygen atoms in total. The number of fused-ring (bicyclic) bond motifs is 3. The average Bonchev–Trinajstić information content (AvgIpc) is 3.55. The first-order valence-electron chi connectivity index (χ1n) is 14.7. The van der Waals surface area contributed by atoms with Crippen LogP contribution in [-0.4, -0.2) is 93.8 Å². The van der Waals surface area contributed by atoms with Gasteiger partial charge in [-0.2, -0.15) is 0 Å². The van der Waals surface area contributed by atoms with Gasteiger partial charge in [-0.3, -0.25) is 14.4 Å². The van der Waals surface area contributed by atoms with Gasteiger partial charge in [0.05, 0.1) is 34.7 Å². The van der Waals surface area contributed by atoms with Crippen molar-refractivity contribution in [2.45, 2.75) is 48.6 Å². The van der Waals surface area contributed by atoms with E-state index in [1.54, 1.807) is 33.2 Å². The quantitative estimate of drug-likeness (QED) is 0.434. The third-order valence-electron chi connectivity index (χ3n) is 9.34. The predicted molar refractivity (Wildman–Crippen MR) is 162 cm³/mol. The molecule has 6 atom stereocenters. The maximum atomic E-state index is 14.6. The molecule has 7 rings (SSSR count). The molecule has 2 saturated heterocycles. The van der Waals surface area contributed by atoms with E-state index in [-0.39, 0.29) is 31.0 Å². The van der Waals surface area contributed by atoms with E-state index in [9.17, 15) is 19.5 Å². The lowest BCUT2D eigenvalue weighted by Gasteiger charge is -2.38. The molecule has 1 spiro atoms. The molecule has 3 amide bonds. The number of hydrogen-bond donors (Lipinski definition) is 1. The van der Waals surface area contributed by atoms with Crippen molar-refractivity contribution in [1.29, 1.82) is 0 Å². The number of aliphatic hydroxyl groups excluding tert-OH is 1. The lowest BCUT2D eigenvalue weighted by atomic mass is 9.74. The lowest BCUT2D eigenvalue weighted by Crippen LogP contribution is -2.56. The van der Waals surface area contributed by atoms with Gasteiger partial charge in [0.2, 0.25) is 17.7 Å². The highest BCUT2D eigenvalue weighted by Gasteiger charge is 2.74. The summed E-state index contributed by atoms with van der Waals surface area (Å²) in [5.74, 6) is -2.02. The second-order valence-corrected chi connectivity index (χ2v) is 13.9. The summed E-state index contributed by atoms with van der Waals surface area (Å²) in [6.07, 6.45) is 8.02. The zero-order chi connectivity index (χ0) is 29.9. The minimum atomic E-state index is -0.980. The van der Waals surface area contributed by atoms with Crippen molar-refractivity contribution in [3.8, 4) is 0 Å². The van der Waals surface area contributed by atoms with Crippen LogP contribution in [0, 0.1) is 11.8 Å². The van der Waals surface area contributed by atoms with E-state index in [1.165, 1.54) is 0 Å². The van der Waals surface area contributed by atoms with Gasteiger partial charge in [0.25, 0.3) is 0 Å². The van der Waals surface area contributed by atoms with Gasteiger partial charge in [-0.15, -0.1) is 16.9 Å². The number of para-hydroxylation sites is 1. The summed E-state index contributed by atoms with van der Waals surface area (Å²) in [4.78, 5) is 48.6. The number of aliphatic hydroxyl groups is 1. The number of nitrogens with zero attached hydrogens (tertiary/aromatic N) is 6. The number of carbonyl (C=O) groups excluding carboxylic acids is 3. The number of carbonyl (C=O) groups is 3. The van der Waals surface area contributed by atoms with Crippen LogP contribution in [0.5, 0.6) is 0 Å². The van der Waals surface area contributed by atoms with Gasteiger partial charge in [0, 0.05) is 24.4 Å². The maximum Gasteiger partial charge on any atom is 0.248 e. The summed E-state index contributed by atoms with van der Waals surface area (Å²) in [5.41, 5.74) is 2.55. The number of amides is 3. The van der Waals surface area contributed by atoms with Crippen molar-refractivity contribution in [2.75, 3.05) is 19.7 Å². The van der Waals surface area contributed by atoms with Crippen LogP contribution in [0.4, 0.5) is 0 Å². The summed E-state index contributed by atoms with van der Waals surface area (Å²) in [5, 5.41) is 18.8. The Kier molecular flexibility index (Phi) is 6.70. The summed E-state index contributed by atoms with van der Waals surface area (Å²) in [6, 6.07) is 15.9. The topological polar surface area (TPSA) is 112 Å². The number of thioether (sulfide) groups is 1. The first-order chi connectivity index (χ1) is 20.8. The molecule has 4 aliphatic rings. The van der Waals surface area contributed by atoms with Crippen molar-refractivity contribution in [3.63, 3.8) is 0 Å². The van der Waals surface area contributed by atoms with Gasteiger partial charge in [-0.05, 0) is 31.5 Å². The zero-order valence-corrected chi connectivity index (χ0v) is 24.9. The summed E-state index contributed by atoms with van der Waals surface area (Å²) in [7, 11) is 0. The Bertz CT molecular complexity index is 1660. The minimum Gasteiger partial charge on any atom is -0.394 e. The normalized spacial score (nSPS) is 30.8. The fourth-order valence-corrected chi connectivity index (χ4v) is 9.52. The van der Waals surface area contributed by atoms with Crippen molar-refractivity contribution in [2.24, 2.45) is 11.8 Å². The second kappa shape index (κ2) is 10.3. The minimum absolute atomic E-state index is 0.0904. The fourth-order valence-electron chi connectivity index (χ4n) is 7.38. The average molecular weight is 599 g/mol. The largest absolute Gasteiger partial charge is 0.394 e. The van der Waals surface area contributed by atoms with Crippen LogP contribution in [0.1, 0.15) is 19.4 Å². The van der Waals surface area contributed by atoms with Gasteiger partial charge in [0.1, 0.15) is 18.2 Å². The molecule has 0 radical (unpaired) electrons. The first-order valence-corrected chi connectivity index (χ1v) is 15.5.